The Kier molecular flexibility index (Phi) is 6.44. The fraction of sp³-hybridized carbons (Fsp3) is 0.533. The molecule has 0 aliphatic rings. The van der Waals surface area contributed by atoms with Gasteiger partial charge in [0, 0.05) is 19.0 Å². The molecule has 0 aliphatic carbocycles. The molecule has 0 saturated heterocycles. The third-order valence-electron chi connectivity index (χ3n) is 3.10. The molecule has 2 N–H and O–H groups in total. The highest BCUT2D eigenvalue weighted by Crippen LogP contribution is 2.09. The number of hydrogen-bond acceptors (Lipinski definition) is 2. The molecule has 0 aromatic heterocycles. The van der Waals surface area contributed by atoms with Crippen LogP contribution in [0.15, 0.2) is 24.3 Å². The van der Waals surface area contributed by atoms with Gasteiger partial charge in [-0.3, -0.25) is 4.79 Å². The van der Waals surface area contributed by atoms with E-state index >= 15 is 0 Å². The van der Waals surface area contributed by atoms with E-state index in [1.807, 2.05) is 26.0 Å². The van der Waals surface area contributed by atoms with Crippen LogP contribution in [0.1, 0.15) is 31.9 Å². The van der Waals surface area contributed by atoms with Crippen molar-refractivity contribution in [1.82, 2.24) is 10.6 Å². The number of carbonyl (C=O) groups excluding carboxylic acids is 1. The minimum atomic E-state index is 0.0127. The Morgan fingerprint density at radius 3 is 2.50 bits per heavy atom. The summed E-state index contributed by atoms with van der Waals surface area (Å²) in [6, 6.07) is 8.25. The van der Waals surface area contributed by atoms with Crippen LogP contribution < -0.4 is 10.6 Å². The normalized spacial score (nSPS) is 12.2. The summed E-state index contributed by atoms with van der Waals surface area (Å²) in [6.07, 6.45) is 0.999. The Balaban J connectivity index is 2.46. The van der Waals surface area contributed by atoms with Crippen molar-refractivity contribution in [2.75, 3.05) is 13.1 Å². The molecule has 3 nitrogen and oxygen atoms in total. The van der Waals surface area contributed by atoms with Gasteiger partial charge in [-0.1, -0.05) is 45.0 Å². The zero-order chi connectivity index (χ0) is 13.4. The average Bonchev–Trinajstić information content (AvgIpc) is 2.42. The van der Waals surface area contributed by atoms with Crippen molar-refractivity contribution in [2.24, 2.45) is 5.92 Å². The van der Waals surface area contributed by atoms with E-state index in [1.165, 1.54) is 11.1 Å². The summed E-state index contributed by atoms with van der Waals surface area (Å²) < 4.78 is 0. The zero-order valence-corrected chi connectivity index (χ0v) is 11.6. The first-order chi connectivity index (χ1) is 8.69. The van der Waals surface area contributed by atoms with Gasteiger partial charge in [0.25, 0.3) is 0 Å². The first kappa shape index (κ1) is 14.7. The largest absolute Gasteiger partial charge is 0.352 e. The van der Waals surface area contributed by atoms with Crippen LogP contribution in [-0.2, 0) is 17.8 Å². The Labute approximate surface area is 110 Å². The van der Waals surface area contributed by atoms with Gasteiger partial charge in [0.15, 0.2) is 0 Å². The van der Waals surface area contributed by atoms with Crippen molar-refractivity contribution in [3.05, 3.63) is 35.4 Å². The maximum Gasteiger partial charge on any atom is 0.224 e. The summed E-state index contributed by atoms with van der Waals surface area (Å²) in [7, 11) is 0. The van der Waals surface area contributed by atoms with Crippen LogP contribution in [0, 0.1) is 5.92 Å². The van der Waals surface area contributed by atoms with Crippen molar-refractivity contribution in [1.29, 1.82) is 0 Å². The van der Waals surface area contributed by atoms with Crippen LogP contribution in [0.5, 0.6) is 0 Å². The second-order valence-corrected chi connectivity index (χ2v) is 4.55. The molecule has 0 radical (unpaired) electrons. The van der Waals surface area contributed by atoms with E-state index in [0.717, 1.165) is 19.5 Å². The number of aryl methyl sites for hydroxylation is 1. The smallest absolute Gasteiger partial charge is 0.224 e. The lowest BCUT2D eigenvalue weighted by atomic mass is 10.0. The van der Waals surface area contributed by atoms with Crippen molar-refractivity contribution in [2.45, 2.75) is 33.7 Å². The predicted molar refractivity (Wildman–Crippen MR) is 75.4 cm³/mol. The molecule has 0 spiro atoms. The van der Waals surface area contributed by atoms with Crippen molar-refractivity contribution < 1.29 is 4.79 Å². The molecule has 0 heterocycles. The highest BCUT2D eigenvalue weighted by molar-refractivity contribution is 5.78. The Morgan fingerprint density at radius 2 is 1.89 bits per heavy atom. The van der Waals surface area contributed by atoms with Gasteiger partial charge in [-0.15, -0.1) is 0 Å². The number of benzene rings is 1. The van der Waals surface area contributed by atoms with E-state index < -0.39 is 0 Å². The summed E-state index contributed by atoms with van der Waals surface area (Å²) in [4.78, 5) is 11.9. The molecule has 1 amide bonds. The fourth-order valence-electron chi connectivity index (χ4n) is 1.88. The van der Waals surface area contributed by atoms with Gasteiger partial charge in [-0.25, -0.2) is 0 Å². The highest BCUT2D eigenvalue weighted by atomic mass is 16.1. The van der Waals surface area contributed by atoms with E-state index in [9.17, 15) is 4.79 Å². The third-order valence-corrected chi connectivity index (χ3v) is 3.10. The number of carbonyl (C=O) groups is 1. The topological polar surface area (TPSA) is 41.1 Å². The quantitative estimate of drug-likeness (QED) is 0.776. The van der Waals surface area contributed by atoms with Crippen molar-refractivity contribution in [3.8, 4) is 0 Å². The van der Waals surface area contributed by atoms with E-state index in [2.05, 4.69) is 29.7 Å². The molecule has 1 unspecified atom stereocenters. The summed E-state index contributed by atoms with van der Waals surface area (Å²) in [5.41, 5.74) is 2.51. The number of rotatable bonds is 7. The lowest BCUT2D eigenvalue weighted by Gasteiger charge is -2.14. The number of hydrogen-bond donors (Lipinski definition) is 2. The molecule has 18 heavy (non-hydrogen) atoms. The molecule has 0 saturated carbocycles. The van der Waals surface area contributed by atoms with Crippen molar-refractivity contribution >= 4 is 5.91 Å². The molecule has 1 aromatic carbocycles. The molecular formula is C15H24N2O. The summed E-state index contributed by atoms with van der Waals surface area (Å²) >= 11 is 0. The minimum Gasteiger partial charge on any atom is -0.352 e. The standard InChI is InChI=1S/C15H24N2O/c1-4-13-8-6-7-9-14(13)11-17-15(18)12(3)10-16-5-2/h6-9,12,16H,4-5,10-11H2,1-3H3,(H,17,18). The first-order valence-corrected chi connectivity index (χ1v) is 6.74. The van der Waals surface area contributed by atoms with Crippen LogP contribution in [0.3, 0.4) is 0 Å². The summed E-state index contributed by atoms with van der Waals surface area (Å²) in [5.74, 6) is 0.126. The third kappa shape index (κ3) is 4.49. The van der Waals surface area contributed by atoms with Gasteiger partial charge in [-0.05, 0) is 24.1 Å². The lowest BCUT2D eigenvalue weighted by Crippen LogP contribution is -2.35. The minimum absolute atomic E-state index is 0.0127. The average molecular weight is 248 g/mol. The maximum atomic E-state index is 11.9. The second kappa shape index (κ2) is 7.88. The molecule has 100 valence electrons. The lowest BCUT2D eigenvalue weighted by molar-refractivity contribution is -0.124. The summed E-state index contributed by atoms with van der Waals surface area (Å²) in [6.45, 7) is 8.38. The molecule has 0 aliphatic heterocycles. The van der Waals surface area contributed by atoms with Gasteiger partial charge in [0.1, 0.15) is 0 Å². The van der Waals surface area contributed by atoms with E-state index in [1.54, 1.807) is 0 Å². The van der Waals surface area contributed by atoms with Gasteiger partial charge >= 0.3 is 0 Å². The molecular weight excluding hydrogens is 224 g/mol. The first-order valence-electron chi connectivity index (χ1n) is 6.74. The Morgan fingerprint density at radius 1 is 1.22 bits per heavy atom. The van der Waals surface area contributed by atoms with Crippen LogP contribution in [0.25, 0.3) is 0 Å². The van der Waals surface area contributed by atoms with Crippen LogP contribution >= 0.6 is 0 Å². The van der Waals surface area contributed by atoms with Crippen molar-refractivity contribution in [3.63, 3.8) is 0 Å². The molecule has 3 heteroatoms. The van der Waals surface area contributed by atoms with Crippen LogP contribution in [0.4, 0.5) is 0 Å². The summed E-state index contributed by atoms with van der Waals surface area (Å²) in [5, 5.41) is 6.19. The van der Waals surface area contributed by atoms with E-state index in [-0.39, 0.29) is 11.8 Å². The van der Waals surface area contributed by atoms with E-state index in [4.69, 9.17) is 0 Å². The van der Waals surface area contributed by atoms with E-state index in [0.29, 0.717) is 6.54 Å². The fourth-order valence-corrected chi connectivity index (χ4v) is 1.88. The monoisotopic (exact) mass is 248 g/mol. The second-order valence-electron chi connectivity index (χ2n) is 4.55. The van der Waals surface area contributed by atoms with Gasteiger partial charge in [0.2, 0.25) is 5.91 Å². The maximum absolute atomic E-state index is 11.9. The molecule has 1 aromatic rings. The van der Waals surface area contributed by atoms with Crippen LogP contribution in [-0.4, -0.2) is 19.0 Å². The van der Waals surface area contributed by atoms with Gasteiger partial charge < -0.3 is 10.6 Å². The van der Waals surface area contributed by atoms with Gasteiger partial charge in [0.05, 0.1) is 0 Å². The zero-order valence-electron chi connectivity index (χ0n) is 11.6. The molecule has 0 fully saturated rings. The SMILES string of the molecule is CCNCC(C)C(=O)NCc1ccccc1CC. The number of nitrogens with one attached hydrogen (secondary N) is 2. The van der Waals surface area contributed by atoms with Crippen LogP contribution in [0.2, 0.25) is 0 Å². The van der Waals surface area contributed by atoms with Gasteiger partial charge in [-0.2, -0.15) is 0 Å². The molecule has 1 atom stereocenters. The highest BCUT2D eigenvalue weighted by Gasteiger charge is 2.11. The number of amides is 1. The molecule has 1 rings (SSSR count). The predicted octanol–water partition coefficient (Wildman–Crippen LogP) is 2.11. The Hall–Kier alpha value is -1.35. The molecule has 0 bridgehead atoms. The Bertz CT molecular complexity index is 377.